The van der Waals surface area contributed by atoms with Crippen LogP contribution in [-0.4, -0.2) is 18.1 Å². The predicted molar refractivity (Wildman–Crippen MR) is 78.0 cm³/mol. The lowest BCUT2D eigenvalue weighted by atomic mass is 9.93. The zero-order valence-corrected chi connectivity index (χ0v) is 11.7. The average Bonchev–Trinajstić information content (AvgIpc) is 2.37. The molecule has 2 unspecified atom stereocenters. The third kappa shape index (κ3) is 2.88. The maximum Gasteiger partial charge on any atom is 0.0705 e. The molecule has 2 nitrogen and oxygen atoms in total. The molecule has 2 heteroatoms. The summed E-state index contributed by atoms with van der Waals surface area (Å²) in [6, 6.07) is 11.4. The van der Waals surface area contributed by atoms with Gasteiger partial charge in [-0.1, -0.05) is 19.1 Å². The Morgan fingerprint density at radius 3 is 2.67 bits per heavy atom. The van der Waals surface area contributed by atoms with Crippen LogP contribution < -0.4 is 5.32 Å². The molecule has 2 rings (SSSR count). The normalized spacial score (nSPS) is 14.7. The number of hydrogen-bond acceptors (Lipinski definition) is 2. The second kappa shape index (κ2) is 5.49. The number of hydrogen-bond donors (Lipinski definition) is 1. The Hall–Kier alpha value is -1.41. The Kier molecular flexibility index (Phi) is 3.97. The highest BCUT2D eigenvalue weighted by Crippen LogP contribution is 2.24. The molecular formula is C16H22N2. The minimum Gasteiger partial charge on any atom is -0.317 e. The van der Waals surface area contributed by atoms with Crippen LogP contribution in [0.2, 0.25) is 0 Å². The summed E-state index contributed by atoms with van der Waals surface area (Å²) in [7, 11) is 2.02. The van der Waals surface area contributed by atoms with Crippen molar-refractivity contribution in [2.45, 2.75) is 39.2 Å². The van der Waals surface area contributed by atoms with Crippen molar-refractivity contribution in [1.82, 2.24) is 10.3 Å². The molecule has 0 amide bonds. The molecule has 0 bridgehead atoms. The van der Waals surface area contributed by atoms with E-state index in [2.05, 4.69) is 54.5 Å². The molecule has 1 aromatic carbocycles. The van der Waals surface area contributed by atoms with Crippen molar-refractivity contribution >= 4 is 10.9 Å². The Bertz CT molecular complexity index is 534. The van der Waals surface area contributed by atoms with Crippen molar-refractivity contribution in [3.05, 3.63) is 41.6 Å². The summed E-state index contributed by atoms with van der Waals surface area (Å²) in [6.45, 7) is 6.55. The van der Waals surface area contributed by atoms with Crippen LogP contribution in [0.15, 0.2) is 30.3 Å². The first-order valence-corrected chi connectivity index (χ1v) is 6.64. The maximum atomic E-state index is 4.54. The van der Waals surface area contributed by atoms with Gasteiger partial charge < -0.3 is 5.32 Å². The van der Waals surface area contributed by atoms with E-state index in [9.17, 15) is 0 Å². The van der Waals surface area contributed by atoms with E-state index in [0.29, 0.717) is 12.0 Å². The van der Waals surface area contributed by atoms with Gasteiger partial charge in [-0.25, -0.2) is 0 Å². The number of benzene rings is 1. The second-order valence-electron chi connectivity index (χ2n) is 5.23. The number of fused-ring (bicyclic) bond motifs is 1. The lowest BCUT2D eigenvalue weighted by Gasteiger charge is -2.17. The van der Waals surface area contributed by atoms with Crippen molar-refractivity contribution in [2.24, 2.45) is 0 Å². The lowest BCUT2D eigenvalue weighted by molar-refractivity contribution is 0.516. The van der Waals surface area contributed by atoms with E-state index in [4.69, 9.17) is 0 Å². The number of rotatable bonds is 4. The van der Waals surface area contributed by atoms with Crippen molar-refractivity contribution in [1.29, 1.82) is 0 Å². The van der Waals surface area contributed by atoms with Crippen LogP contribution in [-0.2, 0) is 0 Å². The molecule has 0 radical (unpaired) electrons. The number of pyridine rings is 1. The molecule has 1 heterocycles. The molecular weight excluding hydrogens is 220 g/mol. The van der Waals surface area contributed by atoms with Gasteiger partial charge in [-0.3, -0.25) is 4.98 Å². The summed E-state index contributed by atoms with van der Waals surface area (Å²) in [5.41, 5.74) is 3.56. The van der Waals surface area contributed by atoms with Crippen molar-refractivity contribution < 1.29 is 0 Å². The SMILES string of the molecule is CNC(C)CC(C)c1ccc2nc(C)ccc2c1. The summed E-state index contributed by atoms with van der Waals surface area (Å²) < 4.78 is 0. The lowest BCUT2D eigenvalue weighted by Crippen LogP contribution is -2.22. The van der Waals surface area contributed by atoms with E-state index in [1.165, 1.54) is 10.9 Å². The molecule has 18 heavy (non-hydrogen) atoms. The zero-order chi connectivity index (χ0) is 13.1. The fourth-order valence-corrected chi connectivity index (χ4v) is 2.34. The minimum atomic E-state index is 0.548. The molecule has 0 fully saturated rings. The molecule has 1 aromatic heterocycles. The van der Waals surface area contributed by atoms with Crippen LogP contribution in [0.3, 0.4) is 0 Å². The van der Waals surface area contributed by atoms with Crippen LogP contribution >= 0.6 is 0 Å². The minimum absolute atomic E-state index is 0.548. The van der Waals surface area contributed by atoms with E-state index in [1.54, 1.807) is 0 Å². The standard InChI is InChI=1S/C16H22N2/c1-11(9-13(3)17-4)14-7-8-16-15(10-14)6-5-12(2)18-16/h5-8,10-11,13,17H,9H2,1-4H3. The van der Waals surface area contributed by atoms with Gasteiger partial charge in [0.25, 0.3) is 0 Å². The fraction of sp³-hybridized carbons (Fsp3) is 0.438. The van der Waals surface area contributed by atoms with E-state index in [0.717, 1.165) is 17.6 Å². The van der Waals surface area contributed by atoms with Gasteiger partial charge in [0.2, 0.25) is 0 Å². The first-order valence-electron chi connectivity index (χ1n) is 6.64. The highest BCUT2D eigenvalue weighted by atomic mass is 14.8. The van der Waals surface area contributed by atoms with Gasteiger partial charge >= 0.3 is 0 Å². The third-order valence-corrected chi connectivity index (χ3v) is 3.62. The van der Waals surface area contributed by atoms with Gasteiger partial charge in [0.15, 0.2) is 0 Å². The molecule has 0 saturated carbocycles. The molecule has 0 aliphatic carbocycles. The molecule has 96 valence electrons. The van der Waals surface area contributed by atoms with Crippen LogP contribution in [0.1, 0.15) is 37.4 Å². The quantitative estimate of drug-likeness (QED) is 0.885. The Morgan fingerprint density at radius 1 is 1.17 bits per heavy atom. The molecule has 0 spiro atoms. The van der Waals surface area contributed by atoms with Crippen LogP contribution in [0, 0.1) is 6.92 Å². The third-order valence-electron chi connectivity index (χ3n) is 3.62. The number of nitrogens with zero attached hydrogens (tertiary/aromatic N) is 1. The topological polar surface area (TPSA) is 24.9 Å². The van der Waals surface area contributed by atoms with Gasteiger partial charge in [0.1, 0.15) is 0 Å². The molecule has 0 aliphatic rings. The van der Waals surface area contributed by atoms with Crippen molar-refractivity contribution in [2.75, 3.05) is 7.05 Å². The number of aromatic nitrogens is 1. The summed E-state index contributed by atoms with van der Waals surface area (Å²) >= 11 is 0. The van der Waals surface area contributed by atoms with Gasteiger partial charge in [-0.2, -0.15) is 0 Å². The summed E-state index contributed by atoms with van der Waals surface area (Å²) in [5.74, 6) is 0.568. The highest BCUT2D eigenvalue weighted by molar-refractivity contribution is 5.79. The van der Waals surface area contributed by atoms with Crippen molar-refractivity contribution in [3.63, 3.8) is 0 Å². The van der Waals surface area contributed by atoms with E-state index >= 15 is 0 Å². The van der Waals surface area contributed by atoms with E-state index in [1.807, 2.05) is 14.0 Å². The number of aryl methyl sites for hydroxylation is 1. The largest absolute Gasteiger partial charge is 0.317 e. The highest BCUT2D eigenvalue weighted by Gasteiger charge is 2.10. The monoisotopic (exact) mass is 242 g/mol. The summed E-state index contributed by atoms with van der Waals surface area (Å²) in [5, 5.41) is 4.54. The second-order valence-corrected chi connectivity index (χ2v) is 5.23. The van der Waals surface area contributed by atoms with Gasteiger partial charge in [-0.05, 0) is 57.0 Å². The summed E-state index contributed by atoms with van der Waals surface area (Å²) in [4.78, 5) is 4.54. The van der Waals surface area contributed by atoms with Crippen LogP contribution in [0.4, 0.5) is 0 Å². The first-order chi connectivity index (χ1) is 8.60. The molecule has 2 atom stereocenters. The number of nitrogens with one attached hydrogen (secondary N) is 1. The Balaban J connectivity index is 2.26. The maximum absolute atomic E-state index is 4.54. The van der Waals surface area contributed by atoms with Gasteiger partial charge in [0.05, 0.1) is 5.52 Å². The smallest absolute Gasteiger partial charge is 0.0705 e. The van der Waals surface area contributed by atoms with E-state index in [-0.39, 0.29) is 0 Å². The van der Waals surface area contributed by atoms with E-state index < -0.39 is 0 Å². The van der Waals surface area contributed by atoms with Gasteiger partial charge in [-0.15, -0.1) is 0 Å². The predicted octanol–water partition coefficient (Wildman–Crippen LogP) is 3.64. The Labute approximate surface area is 109 Å². The molecule has 0 aliphatic heterocycles. The summed E-state index contributed by atoms with van der Waals surface area (Å²) in [6.07, 6.45) is 1.15. The average molecular weight is 242 g/mol. The van der Waals surface area contributed by atoms with Crippen LogP contribution in [0.5, 0.6) is 0 Å². The molecule has 2 aromatic rings. The Morgan fingerprint density at radius 2 is 1.94 bits per heavy atom. The van der Waals surface area contributed by atoms with Crippen molar-refractivity contribution in [3.8, 4) is 0 Å². The fourth-order valence-electron chi connectivity index (χ4n) is 2.34. The van der Waals surface area contributed by atoms with Crippen LogP contribution in [0.25, 0.3) is 10.9 Å². The zero-order valence-electron chi connectivity index (χ0n) is 11.7. The molecule has 0 saturated heterocycles. The molecule has 1 N–H and O–H groups in total. The first kappa shape index (κ1) is 13.0. The van der Waals surface area contributed by atoms with Gasteiger partial charge in [0, 0.05) is 17.1 Å².